The molecule has 0 amide bonds. The third-order valence-corrected chi connectivity index (χ3v) is 3.60. The van der Waals surface area contributed by atoms with Crippen LogP contribution in [-0.4, -0.2) is 12.5 Å². The van der Waals surface area contributed by atoms with Gasteiger partial charge in [-0.15, -0.1) is 35.3 Å². The SMILES string of the molecule is CCNC(=NCc1ccccc1F)NCc1cccs1.I. The highest BCUT2D eigenvalue weighted by atomic mass is 127. The predicted molar refractivity (Wildman–Crippen MR) is 97.8 cm³/mol. The summed E-state index contributed by atoms with van der Waals surface area (Å²) in [6, 6.07) is 10.8. The lowest BCUT2D eigenvalue weighted by Gasteiger charge is -2.10. The minimum atomic E-state index is -0.217. The number of benzene rings is 1. The van der Waals surface area contributed by atoms with E-state index in [0.29, 0.717) is 18.1 Å². The van der Waals surface area contributed by atoms with Crippen LogP contribution in [0.25, 0.3) is 0 Å². The Balaban J connectivity index is 0.00000220. The van der Waals surface area contributed by atoms with E-state index in [1.165, 1.54) is 10.9 Å². The third-order valence-electron chi connectivity index (χ3n) is 2.72. The molecule has 0 saturated carbocycles. The van der Waals surface area contributed by atoms with Crippen LogP contribution in [-0.2, 0) is 13.1 Å². The molecule has 0 saturated heterocycles. The van der Waals surface area contributed by atoms with Crippen molar-refractivity contribution in [3.05, 3.63) is 58.0 Å². The molecular formula is C15H19FIN3S. The van der Waals surface area contributed by atoms with E-state index in [1.54, 1.807) is 23.5 Å². The van der Waals surface area contributed by atoms with Gasteiger partial charge in [0.05, 0.1) is 13.1 Å². The van der Waals surface area contributed by atoms with Crippen LogP contribution in [0, 0.1) is 5.82 Å². The fourth-order valence-corrected chi connectivity index (χ4v) is 2.36. The van der Waals surface area contributed by atoms with Gasteiger partial charge in [-0.3, -0.25) is 0 Å². The fourth-order valence-electron chi connectivity index (χ4n) is 1.72. The van der Waals surface area contributed by atoms with Gasteiger partial charge in [-0.25, -0.2) is 9.38 Å². The topological polar surface area (TPSA) is 36.4 Å². The Hall–Kier alpha value is -1.15. The normalized spacial score (nSPS) is 10.9. The summed E-state index contributed by atoms with van der Waals surface area (Å²) in [7, 11) is 0. The monoisotopic (exact) mass is 419 g/mol. The minimum absolute atomic E-state index is 0. The van der Waals surface area contributed by atoms with E-state index < -0.39 is 0 Å². The van der Waals surface area contributed by atoms with Gasteiger partial charge >= 0.3 is 0 Å². The van der Waals surface area contributed by atoms with Crippen molar-refractivity contribution in [3.63, 3.8) is 0 Å². The van der Waals surface area contributed by atoms with Gasteiger partial charge in [0.15, 0.2) is 5.96 Å². The molecule has 0 aliphatic carbocycles. The van der Waals surface area contributed by atoms with Crippen LogP contribution in [0.5, 0.6) is 0 Å². The average Bonchev–Trinajstić information content (AvgIpc) is 2.97. The molecular weight excluding hydrogens is 400 g/mol. The Bertz CT molecular complexity index is 558. The molecule has 2 N–H and O–H groups in total. The smallest absolute Gasteiger partial charge is 0.191 e. The molecule has 0 spiro atoms. The van der Waals surface area contributed by atoms with Gasteiger partial charge in [-0.2, -0.15) is 0 Å². The van der Waals surface area contributed by atoms with Crippen LogP contribution in [0.15, 0.2) is 46.8 Å². The summed E-state index contributed by atoms with van der Waals surface area (Å²) >= 11 is 1.69. The quantitative estimate of drug-likeness (QED) is 0.440. The van der Waals surface area contributed by atoms with Crippen molar-refractivity contribution in [2.75, 3.05) is 6.54 Å². The van der Waals surface area contributed by atoms with Gasteiger partial charge in [0.2, 0.25) is 0 Å². The van der Waals surface area contributed by atoms with Gasteiger partial charge < -0.3 is 10.6 Å². The molecule has 0 aliphatic heterocycles. The zero-order valence-corrected chi connectivity index (χ0v) is 15.0. The molecule has 1 aromatic carbocycles. The van der Waals surface area contributed by atoms with Crippen molar-refractivity contribution < 1.29 is 4.39 Å². The second-order valence-corrected chi connectivity index (χ2v) is 5.25. The van der Waals surface area contributed by atoms with Crippen LogP contribution in [0.2, 0.25) is 0 Å². The number of halogens is 2. The predicted octanol–water partition coefficient (Wildman–Crippen LogP) is 3.76. The first kappa shape index (κ1) is 17.9. The lowest BCUT2D eigenvalue weighted by atomic mass is 10.2. The van der Waals surface area contributed by atoms with E-state index in [0.717, 1.165) is 13.1 Å². The fraction of sp³-hybridized carbons (Fsp3) is 0.267. The molecule has 0 unspecified atom stereocenters. The summed E-state index contributed by atoms with van der Waals surface area (Å²) < 4.78 is 13.5. The molecule has 0 bridgehead atoms. The van der Waals surface area contributed by atoms with Crippen LogP contribution in [0.1, 0.15) is 17.4 Å². The summed E-state index contributed by atoms with van der Waals surface area (Å²) in [5, 5.41) is 8.44. The number of rotatable bonds is 5. The number of nitrogens with one attached hydrogen (secondary N) is 2. The second kappa shape index (κ2) is 9.73. The van der Waals surface area contributed by atoms with Crippen molar-refractivity contribution in [2.24, 2.45) is 4.99 Å². The van der Waals surface area contributed by atoms with E-state index in [2.05, 4.69) is 21.7 Å². The summed E-state index contributed by atoms with van der Waals surface area (Å²) in [4.78, 5) is 5.64. The van der Waals surface area contributed by atoms with Crippen molar-refractivity contribution in [3.8, 4) is 0 Å². The number of hydrogen-bond acceptors (Lipinski definition) is 2. The first-order chi connectivity index (χ1) is 9.79. The zero-order valence-electron chi connectivity index (χ0n) is 11.8. The molecule has 0 fully saturated rings. The molecule has 2 aromatic rings. The molecule has 1 heterocycles. The van der Waals surface area contributed by atoms with Crippen LogP contribution in [0.4, 0.5) is 4.39 Å². The third kappa shape index (κ3) is 6.01. The van der Waals surface area contributed by atoms with Gasteiger partial charge in [0.25, 0.3) is 0 Å². The van der Waals surface area contributed by atoms with Crippen LogP contribution in [0.3, 0.4) is 0 Å². The number of nitrogens with zero attached hydrogens (tertiary/aromatic N) is 1. The first-order valence-corrected chi connectivity index (χ1v) is 7.45. The Morgan fingerprint density at radius 1 is 1.19 bits per heavy atom. The van der Waals surface area contributed by atoms with E-state index in [1.807, 2.05) is 24.4 Å². The Morgan fingerprint density at radius 3 is 2.67 bits per heavy atom. The van der Waals surface area contributed by atoms with Crippen molar-refractivity contribution in [1.82, 2.24) is 10.6 Å². The highest BCUT2D eigenvalue weighted by Gasteiger charge is 2.02. The number of guanidine groups is 1. The Kier molecular flexibility index (Phi) is 8.29. The van der Waals surface area contributed by atoms with E-state index in [9.17, 15) is 4.39 Å². The maximum Gasteiger partial charge on any atom is 0.191 e. The maximum atomic E-state index is 13.5. The van der Waals surface area contributed by atoms with Gasteiger partial charge in [-0.1, -0.05) is 24.3 Å². The van der Waals surface area contributed by atoms with Crippen molar-refractivity contribution >= 4 is 41.3 Å². The lowest BCUT2D eigenvalue weighted by molar-refractivity contribution is 0.610. The number of thiophene rings is 1. The summed E-state index contributed by atoms with van der Waals surface area (Å²) in [6.45, 7) is 3.83. The van der Waals surface area contributed by atoms with Gasteiger partial charge in [-0.05, 0) is 24.4 Å². The van der Waals surface area contributed by atoms with E-state index >= 15 is 0 Å². The van der Waals surface area contributed by atoms with Crippen molar-refractivity contribution in [1.29, 1.82) is 0 Å². The van der Waals surface area contributed by atoms with Gasteiger partial charge in [0, 0.05) is 17.0 Å². The molecule has 6 heteroatoms. The molecule has 114 valence electrons. The molecule has 0 atom stereocenters. The lowest BCUT2D eigenvalue weighted by Crippen LogP contribution is -2.36. The van der Waals surface area contributed by atoms with Crippen LogP contribution >= 0.6 is 35.3 Å². The summed E-state index contributed by atoms with van der Waals surface area (Å²) in [5.41, 5.74) is 0.598. The highest BCUT2D eigenvalue weighted by Crippen LogP contribution is 2.08. The summed E-state index contributed by atoms with van der Waals surface area (Å²) in [6.07, 6.45) is 0. The molecule has 0 radical (unpaired) electrons. The highest BCUT2D eigenvalue weighted by molar-refractivity contribution is 14.0. The van der Waals surface area contributed by atoms with Gasteiger partial charge in [0.1, 0.15) is 5.82 Å². The van der Waals surface area contributed by atoms with E-state index in [-0.39, 0.29) is 29.8 Å². The Labute approximate surface area is 145 Å². The average molecular weight is 419 g/mol. The number of aliphatic imine (C=N–C) groups is 1. The zero-order chi connectivity index (χ0) is 14.2. The van der Waals surface area contributed by atoms with Crippen molar-refractivity contribution in [2.45, 2.75) is 20.0 Å². The molecule has 0 aliphatic rings. The summed E-state index contributed by atoms with van der Waals surface area (Å²) in [5.74, 6) is 0.481. The molecule has 3 nitrogen and oxygen atoms in total. The van der Waals surface area contributed by atoms with E-state index in [4.69, 9.17) is 0 Å². The maximum absolute atomic E-state index is 13.5. The largest absolute Gasteiger partial charge is 0.357 e. The second-order valence-electron chi connectivity index (χ2n) is 4.22. The first-order valence-electron chi connectivity index (χ1n) is 6.57. The Morgan fingerprint density at radius 2 is 2.00 bits per heavy atom. The molecule has 21 heavy (non-hydrogen) atoms. The number of hydrogen-bond donors (Lipinski definition) is 2. The molecule has 1 aromatic heterocycles. The van der Waals surface area contributed by atoms with Crippen LogP contribution < -0.4 is 10.6 Å². The standard InChI is InChI=1S/C15H18FN3S.HI/c1-2-17-15(19-11-13-7-5-9-20-13)18-10-12-6-3-4-8-14(12)16;/h3-9H,2,10-11H2,1H3,(H2,17,18,19);1H. The molecule has 2 rings (SSSR count). The minimum Gasteiger partial charge on any atom is -0.357 e.